The number of rotatable bonds is 6. The van der Waals surface area contributed by atoms with E-state index in [9.17, 15) is 9.59 Å². The number of methoxy groups -OCH3 is 2. The zero-order valence-corrected chi connectivity index (χ0v) is 11.1. The summed E-state index contributed by atoms with van der Waals surface area (Å²) in [4.78, 5) is 23.2. The van der Waals surface area contributed by atoms with E-state index >= 15 is 0 Å². The number of benzene rings is 1. The van der Waals surface area contributed by atoms with E-state index in [2.05, 4.69) is 0 Å². The van der Waals surface area contributed by atoms with Crippen molar-refractivity contribution in [3.63, 3.8) is 0 Å². The Morgan fingerprint density at radius 3 is 2.00 bits per heavy atom. The Morgan fingerprint density at radius 2 is 1.61 bits per heavy atom. The average molecular weight is 250 g/mol. The molecule has 4 nitrogen and oxygen atoms in total. The third-order valence-electron chi connectivity index (χ3n) is 2.68. The van der Waals surface area contributed by atoms with Gasteiger partial charge in [-0.25, -0.2) is 0 Å². The van der Waals surface area contributed by atoms with Crippen molar-refractivity contribution in [3.05, 3.63) is 23.8 Å². The summed E-state index contributed by atoms with van der Waals surface area (Å²) in [6, 6.07) is 5.01. The third-order valence-corrected chi connectivity index (χ3v) is 2.68. The molecule has 0 radical (unpaired) electrons. The number of ketones is 2. The molecule has 0 saturated heterocycles. The van der Waals surface area contributed by atoms with E-state index in [0.717, 1.165) is 0 Å². The monoisotopic (exact) mass is 250 g/mol. The molecule has 1 aromatic rings. The molecule has 1 rings (SSSR count). The van der Waals surface area contributed by atoms with Gasteiger partial charge in [0.05, 0.1) is 14.2 Å². The smallest absolute Gasteiger partial charge is 0.166 e. The second-order valence-electron chi connectivity index (χ2n) is 4.27. The average Bonchev–Trinajstić information content (AvgIpc) is 2.36. The second-order valence-corrected chi connectivity index (χ2v) is 4.27. The maximum Gasteiger partial charge on any atom is 0.166 e. The van der Waals surface area contributed by atoms with Crippen LogP contribution in [-0.4, -0.2) is 25.8 Å². The quantitative estimate of drug-likeness (QED) is 0.728. The number of carbonyl (C=O) groups excluding carboxylic acids is 2. The van der Waals surface area contributed by atoms with Crippen molar-refractivity contribution >= 4 is 11.6 Å². The van der Waals surface area contributed by atoms with E-state index in [4.69, 9.17) is 9.47 Å². The normalized spacial score (nSPS) is 11.8. The number of hydrogen-bond acceptors (Lipinski definition) is 4. The lowest BCUT2D eigenvalue weighted by Gasteiger charge is -2.11. The van der Waals surface area contributed by atoms with Crippen molar-refractivity contribution in [2.45, 2.75) is 20.3 Å². The lowest BCUT2D eigenvalue weighted by atomic mass is 9.94. The van der Waals surface area contributed by atoms with Gasteiger partial charge in [0.2, 0.25) is 0 Å². The molecule has 0 N–H and O–H groups in total. The van der Waals surface area contributed by atoms with Crippen molar-refractivity contribution in [3.8, 4) is 11.5 Å². The van der Waals surface area contributed by atoms with Crippen LogP contribution in [-0.2, 0) is 4.79 Å². The van der Waals surface area contributed by atoms with Crippen LogP contribution in [0.2, 0.25) is 0 Å². The Kier molecular flexibility index (Phi) is 4.89. The Hall–Kier alpha value is -1.84. The number of ether oxygens (including phenoxy) is 2. The third kappa shape index (κ3) is 3.58. The highest BCUT2D eigenvalue weighted by atomic mass is 16.5. The first kappa shape index (κ1) is 14.2. The first-order valence-corrected chi connectivity index (χ1v) is 5.74. The molecule has 1 atom stereocenters. The van der Waals surface area contributed by atoms with Crippen LogP contribution in [0.1, 0.15) is 30.6 Å². The van der Waals surface area contributed by atoms with Crippen LogP contribution in [0, 0.1) is 5.92 Å². The maximum atomic E-state index is 12.2. The summed E-state index contributed by atoms with van der Waals surface area (Å²) in [5.74, 6) is 0.716. The molecule has 0 heterocycles. The fraction of sp³-hybridized carbons (Fsp3) is 0.429. The number of carbonyl (C=O) groups is 2. The molecule has 0 amide bonds. The highest BCUT2D eigenvalue weighted by molar-refractivity contribution is 6.00. The van der Waals surface area contributed by atoms with Gasteiger partial charge in [0.1, 0.15) is 17.3 Å². The predicted octanol–water partition coefficient (Wildman–Crippen LogP) is 2.50. The molecular weight excluding hydrogens is 232 g/mol. The largest absolute Gasteiger partial charge is 0.497 e. The molecule has 0 aliphatic rings. The Morgan fingerprint density at radius 1 is 1.11 bits per heavy atom. The molecule has 98 valence electrons. The molecule has 0 fully saturated rings. The van der Waals surface area contributed by atoms with Gasteiger partial charge in [0.25, 0.3) is 0 Å². The lowest BCUT2D eigenvalue weighted by molar-refractivity contribution is -0.117. The van der Waals surface area contributed by atoms with Crippen molar-refractivity contribution in [2.24, 2.45) is 5.92 Å². The molecule has 0 aliphatic heterocycles. The van der Waals surface area contributed by atoms with Gasteiger partial charge in [-0.15, -0.1) is 0 Å². The highest BCUT2D eigenvalue weighted by Crippen LogP contribution is 2.24. The summed E-state index contributed by atoms with van der Waals surface area (Å²) in [5, 5.41) is 0. The van der Waals surface area contributed by atoms with Crippen molar-refractivity contribution < 1.29 is 19.1 Å². The summed E-state index contributed by atoms with van der Waals surface area (Å²) in [6.07, 6.45) is 0.248. The number of Topliss-reactive ketones (excluding diaryl/α,β-unsaturated/α-hetero) is 2. The summed E-state index contributed by atoms with van der Waals surface area (Å²) < 4.78 is 10.2. The first-order chi connectivity index (χ1) is 8.47. The van der Waals surface area contributed by atoms with Gasteiger partial charge in [-0.2, -0.15) is 0 Å². The zero-order chi connectivity index (χ0) is 13.7. The van der Waals surface area contributed by atoms with Crippen LogP contribution in [0.15, 0.2) is 18.2 Å². The van der Waals surface area contributed by atoms with E-state index in [1.54, 1.807) is 25.1 Å². The minimum atomic E-state index is -0.334. The van der Waals surface area contributed by atoms with Crippen LogP contribution in [0.5, 0.6) is 11.5 Å². The molecule has 0 spiro atoms. The van der Waals surface area contributed by atoms with Crippen molar-refractivity contribution in [1.82, 2.24) is 0 Å². The molecule has 0 aliphatic carbocycles. The van der Waals surface area contributed by atoms with Crippen LogP contribution in [0.4, 0.5) is 0 Å². The Bertz CT molecular complexity index is 429. The van der Waals surface area contributed by atoms with Gasteiger partial charge in [0, 0.05) is 24.0 Å². The molecule has 0 aromatic heterocycles. The van der Waals surface area contributed by atoms with E-state index in [1.807, 2.05) is 0 Å². The maximum absolute atomic E-state index is 12.2. The SMILES string of the molecule is COc1cc(OC)cc(C(=O)C(C)CC(C)=O)c1. The van der Waals surface area contributed by atoms with Crippen molar-refractivity contribution in [1.29, 1.82) is 0 Å². The Balaban J connectivity index is 3.00. The molecular formula is C14H18O4. The zero-order valence-electron chi connectivity index (χ0n) is 11.1. The van der Waals surface area contributed by atoms with Gasteiger partial charge >= 0.3 is 0 Å². The van der Waals surface area contributed by atoms with Gasteiger partial charge < -0.3 is 14.3 Å². The van der Waals surface area contributed by atoms with Crippen LogP contribution < -0.4 is 9.47 Å². The summed E-state index contributed by atoms with van der Waals surface area (Å²) in [7, 11) is 3.06. The van der Waals surface area contributed by atoms with E-state index in [0.29, 0.717) is 17.1 Å². The number of hydrogen-bond donors (Lipinski definition) is 0. The standard InChI is InChI=1S/C14H18O4/c1-9(5-10(2)15)14(16)11-6-12(17-3)8-13(7-11)18-4/h6-9H,5H2,1-4H3. The first-order valence-electron chi connectivity index (χ1n) is 5.74. The predicted molar refractivity (Wildman–Crippen MR) is 68.3 cm³/mol. The van der Waals surface area contributed by atoms with Gasteiger partial charge in [-0.1, -0.05) is 6.92 Å². The van der Waals surface area contributed by atoms with Gasteiger partial charge in [-0.3, -0.25) is 4.79 Å². The lowest BCUT2D eigenvalue weighted by Crippen LogP contribution is -2.14. The van der Waals surface area contributed by atoms with E-state index in [-0.39, 0.29) is 23.9 Å². The molecule has 0 bridgehead atoms. The van der Waals surface area contributed by atoms with E-state index < -0.39 is 0 Å². The fourth-order valence-electron chi connectivity index (χ4n) is 1.76. The minimum absolute atomic E-state index is 0.00529. The molecule has 18 heavy (non-hydrogen) atoms. The van der Waals surface area contributed by atoms with Gasteiger partial charge in [0.15, 0.2) is 5.78 Å². The molecule has 4 heteroatoms. The molecule has 0 saturated carbocycles. The van der Waals surface area contributed by atoms with Crippen LogP contribution >= 0.6 is 0 Å². The summed E-state index contributed by atoms with van der Waals surface area (Å²) in [6.45, 7) is 3.23. The molecule has 1 unspecified atom stereocenters. The van der Waals surface area contributed by atoms with Crippen molar-refractivity contribution in [2.75, 3.05) is 14.2 Å². The Labute approximate surface area is 107 Å². The topological polar surface area (TPSA) is 52.6 Å². The summed E-state index contributed by atoms with van der Waals surface area (Å²) in [5.41, 5.74) is 0.500. The summed E-state index contributed by atoms with van der Waals surface area (Å²) >= 11 is 0. The van der Waals surface area contributed by atoms with Crippen LogP contribution in [0.25, 0.3) is 0 Å². The molecule has 1 aromatic carbocycles. The van der Waals surface area contributed by atoms with Gasteiger partial charge in [-0.05, 0) is 19.1 Å². The minimum Gasteiger partial charge on any atom is -0.497 e. The van der Waals surface area contributed by atoms with Crippen LogP contribution in [0.3, 0.4) is 0 Å². The fourth-order valence-corrected chi connectivity index (χ4v) is 1.76. The van der Waals surface area contributed by atoms with E-state index in [1.165, 1.54) is 21.1 Å². The highest BCUT2D eigenvalue weighted by Gasteiger charge is 2.18. The second kappa shape index (κ2) is 6.19.